The number of hydrogen-bond acceptors (Lipinski definition) is 3. The molecule has 0 atom stereocenters. The van der Waals surface area contributed by atoms with E-state index in [-0.39, 0.29) is 0 Å². The van der Waals surface area contributed by atoms with Gasteiger partial charge in [0, 0.05) is 23.3 Å². The number of ether oxygens (including phenoxy) is 1. The first-order valence-corrected chi connectivity index (χ1v) is 7.69. The fourth-order valence-corrected chi connectivity index (χ4v) is 2.40. The molecule has 2 rings (SSSR count). The number of pyridine rings is 1. The van der Waals surface area contributed by atoms with Crippen molar-refractivity contribution >= 4 is 11.6 Å². The summed E-state index contributed by atoms with van der Waals surface area (Å²) in [4.78, 5) is 4.26. The molecule has 0 radical (unpaired) electrons. The smallest absolute Gasteiger partial charge is 0.138 e. The Morgan fingerprint density at radius 3 is 2.81 bits per heavy atom. The summed E-state index contributed by atoms with van der Waals surface area (Å²) < 4.78 is 5.53. The fourth-order valence-electron chi connectivity index (χ4n) is 2.20. The van der Waals surface area contributed by atoms with Crippen molar-refractivity contribution in [1.29, 1.82) is 0 Å². The SMILES string of the molecule is CCCNCc1cc(Cl)ccc1-c1cncc(OCC)c1. The van der Waals surface area contributed by atoms with Crippen LogP contribution in [0, 0.1) is 0 Å². The molecule has 4 heteroatoms. The Morgan fingerprint density at radius 2 is 2.05 bits per heavy atom. The van der Waals surface area contributed by atoms with Crippen LogP contribution in [0.3, 0.4) is 0 Å². The molecule has 0 aliphatic rings. The molecule has 0 fully saturated rings. The van der Waals surface area contributed by atoms with Gasteiger partial charge in [0.05, 0.1) is 12.8 Å². The van der Waals surface area contributed by atoms with Gasteiger partial charge >= 0.3 is 0 Å². The van der Waals surface area contributed by atoms with E-state index in [9.17, 15) is 0 Å². The highest BCUT2D eigenvalue weighted by molar-refractivity contribution is 6.30. The van der Waals surface area contributed by atoms with Crippen molar-refractivity contribution in [2.45, 2.75) is 26.8 Å². The first-order chi connectivity index (χ1) is 10.2. The third kappa shape index (κ3) is 4.45. The molecule has 0 bridgehead atoms. The molecule has 0 aliphatic carbocycles. The van der Waals surface area contributed by atoms with Crippen LogP contribution in [0.5, 0.6) is 5.75 Å². The highest BCUT2D eigenvalue weighted by Crippen LogP contribution is 2.28. The van der Waals surface area contributed by atoms with E-state index in [0.29, 0.717) is 6.61 Å². The lowest BCUT2D eigenvalue weighted by molar-refractivity contribution is 0.339. The second kappa shape index (κ2) is 8.01. The van der Waals surface area contributed by atoms with E-state index in [2.05, 4.69) is 17.2 Å². The predicted molar refractivity (Wildman–Crippen MR) is 87.8 cm³/mol. The zero-order valence-corrected chi connectivity index (χ0v) is 13.3. The van der Waals surface area contributed by atoms with Gasteiger partial charge in [0.1, 0.15) is 5.75 Å². The molecule has 0 unspecified atom stereocenters. The molecule has 0 spiro atoms. The third-order valence-electron chi connectivity index (χ3n) is 3.14. The summed E-state index contributed by atoms with van der Waals surface area (Å²) >= 11 is 6.13. The topological polar surface area (TPSA) is 34.2 Å². The number of rotatable bonds is 7. The summed E-state index contributed by atoms with van der Waals surface area (Å²) in [6.07, 6.45) is 4.70. The molecule has 0 aliphatic heterocycles. The quantitative estimate of drug-likeness (QED) is 0.774. The second-order valence-corrected chi connectivity index (χ2v) is 5.26. The molecule has 1 heterocycles. The van der Waals surface area contributed by atoms with Crippen LogP contribution in [0.4, 0.5) is 0 Å². The largest absolute Gasteiger partial charge is 0.492 e. The first kappa shape index (κ1) is 15.8. The Morgan fingerprint density at radius 1 is 1.19 bits per heavy atom. The zero-order valence-electron chi connectivity index (χ0n) is 12.5. The summed E-state index contributed by atoms with van der Waals surface area (Å²) in [7, 11) is 0. The maximum Gasteiger partial charge on any atom is 0.138 e. The average Bonchev–Trinajstić information content (AvgIpc) is 2.48. The van der Waals surface area contributed by atoms with Gasteiger partial charge in [0.15, 0.2) is 0 Å². The molecule has 0 saturated heterocycles. The Bertz CT molecular complexity index is 587. The molecule has 1 aromatic carbocycles. The van der Waals surface area contributed by atoms with Gasteiger partial charge in [0.2, 0.25) is 0 Å². The molecular weight excluding hydrogens is 284 g/mol. The zero-order chi connectivity index (χ0) is 15.1. The summed E-state index contributed by atoms with van der Waals surface area (Å²) in [6, 6.07) is 7.97. The van der Waals surface area contributed by atoms with Crippen LogP contribution in [0.1, 0.15) is 25.8 Å². The second-order valence-electron chi connectivity index (χ2n) is 4.82. The summed E-state index contributed by atoms with van der Waals surface area (Å²) in [5.74, 6) is 0.789. The Hall–Kier alpha value is -1.58. The predicted octanol–water partition coefficient (Wildman–Crippen LogP) is 4.30. The van der Waals surface area contributed by atoms with Gasteiger partial charge in [-0.1, -0.05) is 24.6 Å². The Kier molecular flexibility index (Phi) is 6.03. The van der Waals surface area contributed by atoms with Gasteiger partial charge < -0.3 is 10.1 Å². The minimum Gasteiger partial charge on any atom is -0.492 e. The number of benzene rings is 1. The van der Waals surface area contributed by atoms with E-state index in [4.69, 9.17) is 16.3 Å². The van der Waals surface area contributed by atoms with E-state index in [0.717, 1.165) is 41.4 Å². The van der Waals surface area contributed by atoms with Gasteiger partial charge in [0.25, 0.3) is 0 Å². The lowest BCUT2D eigenvalue weighted by Gasteiger charge is -2.12. The van der Waals surface area contributed by atoms with Gasteiger partial charge in [-0.25, -0.2) is 0 Å². The molecule has 1 aromatic heterocycles. The van der Waals surface area contributed by atoms with E-state index in [1.165, 1.54) is 5.56 Å². The van der Waals surface area contributed by atoms with E-state index >= 15 is 0 Å². The molecular formula is C17H21ClN2O. The molecule has 112 valence electrons. The van der Waals surface area contributed by atoms with Gasteiger partial charge in [-0.2, -0.15) is 0 Å². The number of halogens is 1. The summed E-state index contributed by atoms with van der Waals surface area (Å²) in [5, 5.41) is 4.17. The lowest BCUT2D eigenvalue weighted by Crippen LogP contribution is -2.14. The lowest BCUT2D eigenvalue weighted by atomic mass is 10.0. The highest BCUT2D eigenvalue weighted by Gasteiger charge is 2.07. The van der Waals surface area contributed by atoms with Crippen LogP contribution < -0.4 is 10.1 Å². The van der Waals surface area contributed by atoms with Gasteiger partial charge in [-0.05, 0) is 49.2 Å². The first-order valence-electron chi connectivity index (χ1n) is 7.32. The molecule has 1 N–H and O–H groups in total. The van der Waals surface area contributed by atoms with Crippen molar-refractivity contribution in [2.75, 3.05) is 13.2 Å². The van der Waals surface area contributed by atoms with E-state index in [1.807, 2.05) is 37.4 Å². The number of nitrogens with zero attached hydrogens (tertiary/aromatic N) is 1. The molecule has 3 nitrogen and oxygen atoms in total. The molecule has 0 saturated carbocycles. The monoisotopic (exact) mass is 304 g/mol. The average molecular weight is 305 g/mol. The third-order valence-corrected chi connectivity index (χ3v) is 3.38. The normalized spacial score (nSPS) is 10.6. The number of hydrogen-bond donors (Lipinski definition) is 1. The van der Waals surface area contributed by atoms with Crippen molar-refractivity contribution in [1.82, 2.24) is 10.3 Å². The van der Waals surface area contributed by atoms with Crippen molar-refractivity contribution in [3.63, 3.8) is 0 Å². The van der Waals surface area contributed by atoms with Crippen molar-refractivity contribution in [2.24, 2.45) is 0 Å². The maximum atomic E-state index is 6.13. The minimum absolute atomic E-state index is 0.636. The van der Waals surface area contributed by atoms with Crippen LogP contribution in [0.2, 0.25) is 5.02 Å². The van der Waals surface area contributed by atoms with Crippen molar-refractivity contribution < 1.29 is 4.74 Å². The van der Waals surface area contributed by atoms with E-state index in [1.54, 1.807) is 6.20 Å². The molecule has 21 heavy (non-hydrogen) atoms. The van der Waals surface area contributed by atoms with Crippen molar-refractivity contribution in [3.05, 3.63) is 47.2 Å². The van der Waals surface area contributed by atoms with Crippen LogP contribution in [-0.2, 0) is 6.54 Å². The molecule has 2 aromatic rings. The van der Waals surface area contributed by atoms with Crippen LogP contribution in [0.25, 0.3) is 11.1 Å². The number of aromatic nitrogens is 1. The fraction of sp³-hybridized carbons (Fsp3) is 0.353. The maximum absolute atomic E-state index is 6.13. The van der Waals surface area contributed by atoms with Gasteiger partial charge in [-0.3, -0.25) is 4.98 Å². The standard InChI is InChI=1S/C17H21ClN2O/c1-3-7-19-10-13-8-15(18)5-6-17(13)14-9-16(21-4-2)12-20-11-14/h5-6,8-9,11-12,19H,3-4,7,10H2,1-2H3. The summed E-state index contributed by atoms with van der Waals surface area (Å²) in [6.45, 7) is 6.54. The van der Waals surface area contributed by atoms with Crippen LogP contribution >= 0.6 is 11.6 Å². The minimum atomic E-state index is 0.636. The Balaban J connectivity index is 2.31. The molecule has 0 amide bonds. The Labute approximate surface area is 131 Å². The van der Waals surface area contributed by atoms with Crippen LogP contribution in [0.15, 0.2) is 36.7 Å². The van der Waals surface area contributed by atoms with Crippen molar-refractivity contribution in [3.8, 4) is 16.9 Å². The highest BCUT2D eigenvalue weighted by atomic mass is 35.5. The van der Waals surface area contributed by atoms with Gasteiger partial charge in [-0.15, -0.1) is 0 Å². The number of nitrogens with one attached hydrogen (secondary N) is 1. The van der Waals surface area contributed by atoms with E-state index < -0.39 is 0 Å². The van der Waals surface area contributed by atoms with Crippen LogP contribution in [-0.4, -0.2) is 18.1 Å². The summed E-state index contributed by atoms with van der Waals surface area (Å²) in [5.41, 5.74) is 3.36.